The topological polar surface area (TPSA) is 100 Å². The van der Waals surface area contributed by atoms with Crippen LogP contribution < -0.4 is 15.0 Å². The molecule has 1 N–H and O–H groups in total. The van der Waals surface area contributed by atoms with Crippen LogP contribution in [0.2, 0.25) is 0 Å². The first-order chi connectivity index (χ1) is 19.5. The Morgan fingerprint density at radius 3 is 2.24 bits per heavy atom. The summed E-state index contributed by atoms with van der Waals surface area (Å²) < 4.78 is 19.7. The van der Waals surface area contributed by atoms with Crippen molar-refractivity contribution in [3.05, 3.63) is 58.0 Å². The van der Waals surface area contributed by atoms with Gasteiger partial charge in [-0.05, 0) is 68.2 Å². The van der Waals surface area contributed by atoms with Gasteiger partial charge in [-0.15, -0.1) is 13.1 Å². The molecule has 3 aromatic rings. The molecule has 2 aliphatic heterocycles. The summed E-state index contributed by atoms with van der Waals surface area (Å²) in [6.45, 7) is 6.85. The SMILES string of the molecule is CCO.COc1cc(-c2cn(C)c(=O)c3cnccc23)cc(OC)c1CCN1CCC(OC2CC[N-]CC2)CC1.[W]. The van der Waals surface area contributed by atoms with Crippen LogP contribution in [-0.4, -0.2) is 85.3 Å². The van der Waals surface area contributed by atoms with E-state index in [4.69, 9.17) is 19.3 Å². The van der Waals surface area contributed by atoms with E-state index in [1.807, 2.05) is 24.4 Å². The van der Waals surface area contributed by atoms with Gasteiger partial charge in [0.25, 0.3) is 5.56 Å². The fourth-order valence-corrected chi connectivity index (χ4v) is 5.60. The Kier molecular flexibility index (Phi) is 13.3. The molecule has 10 heteroatoms. The van der Waals surface area contributed by atoms with Crippen LogP contribution >= 0.6 is 0 Å². The number of pyridine rings is 2. The molecule has 0 bridgehead atoms. The minimum Gasteiger partial charge on any atom is -0.662 e. The third kappa shape index (κ3) is 8.39. The van der Waals surface area contributed by atoms with Crippen molar-refractivity contribution in [3.8, 4) is 22.6 Å². The van der Waals surface area contributed by atoms with E-state index in [0.29, 0.717) is 17.6 Å². The van der Waals surface area contributed by atoms with Crippen LogP contribution in [0.4, 0.5) is 0 Å². The van der Waals surface area contributed by atoms with Crippen molar-refractivity contribution in [3.63, 3.8) is 0 Å². The smallest absolute Gasteiger partial charge is 0.259 e. The monoisotopic (exact) mass is 735 g/mol. The maximum Gasteiger partial charge on any atom is 0.259 e. The zero-order valence-corrected chi connectivity index (χ0v) is 27.6. The zero-order chi connectivity index (χ0) is 28.5. The Hall–Kier alpha value is -2.29. The number of ether oxygens (including phenoxy) is 3. The Morgan fingerprint density at radius 2 is 1.63 bits per heavy atom. The van der Waals surface area contributed by atoms with Gasteiger partial charge in [0.05, 0.1) is 31.8 Å². The van der Waals surface area contributed by atoms with Gasteiger partial charge in [0.2, 0.25) is 0 Å². The molecule has 2 fully saturated rings. The number of benzene rings is 1. The number of nitrogens with zero attached hydrogens (tertiary/aromatic N) is 4. The number of aliphatic hydroxyl groups is 1. The first-order valence-electron chi connectivity index (χ1n) is 14.3. The van der Waals surface area contributed by atoms with Crippen LogP contribution in [0.25, 0.3) is 27.2 Å². The predicted octanol–water partition coefficient (Wildman–Crippen LogP) is 4.17. The minimum atomic E-state index is -0.0641. The number of aryl methyl sites for hydroxylation is 1. The van der Waals surface area contributed by atoms with Gasteiger partial charge in [0.15, 0.2) is 0 Å². The van der Waals surface area contributed by atoms with Crippen molar-refractivity contribution >= 4 is 10.8 Å². The van der Waals surface area contributed by atoms with Crippen LogP contribution in [0, 0.1) is 0 Å². The van der Waals surface area contributed by atoms with E-state index in [-0.39, 0.29) is 33.2 Å². The molecule has 5 rings (SSSR count). The maximum atomic E-state index is 12.6. The van der Waals surface area contributed by atoms with E-state index in [2.05, 4.69) is 15.2 Å². The molecule has 2 saturated heterocycles. The summed E-state index contributed by atoms with van der Waals surface area (Å²) in [5, 5.41) is 13.5. The number of hydrogen-bond acceptors (Lipinski definition) is 7. The van der Waals surface area contributed by atoms with Crippen molar-refractivity contribution in [1.82, 2.24) is 14.5 Å². The van der Waals surface area contributed by atoms with Gasteiger partial charge in [-0.2, -0.15) is 0 Å². The van der Waals surface area contributed by atoms with E-state index in [0.717, 1.165) is 98.4 Å². The van der Waals surface area contributed by atoms with Crippen molar-refractivity contribution in [2.24, 2.45) is 7.05 Å². The number of piperidine rings is 2. The van der Waals surface area contributed by atoms with Gasteiger partial charge >= 0.3 is 0 Å². The van der Waals surface area contributed by atoms with Gasteiger partial charge in [0.1, 0.15) is 11.5 Å². The van der Waals surface area contributed by atoms with Crippen molar-refractivity contribution in [1.29, 1.82) is 0 Å². The minimum absolute atomic E-state index is 0. The molecule has 0 aliphatic carbocycles. The average Bonchev–Trinajstić information content (AvgIpc) is 2.99. The van der Waals surface area contributed by atoms with Crippen LogP contribution in [0.15, 0.2) is 41.6 Å². The molecule has 0 radical (unpaired) electrons. The number of fused-ring (bicyclic) bond motifs is 1. The summed E-state index contributed by atoms with van der Waals surface area (Å²) >= 11 is 0. The fourth-order valence-electron chi connectivity index (χ4n) is 5.60. The molecule has 0 saturated carbocycles. The molecular weight excluding hydrogens is 692 g/mol. The molecule has 2 aliphatic rings. The number of likely N-dealkylation sites (tertiary alicyclic amines) is 1. The number of aliphatic hydroxyl groups excluding tert-OH is 1. The Morgan fingerprint density at radius 1 is 1.02 bits per heavy atom. The van der Waals surface area contributed by atoms with E-state index in [1.54, 1.807) is 45.2 Å². The summed E-state index contributed by atoms with van der Waals surface area (Å²) in [5.74, 6) is 1.60. The van der Waals surface area contributed by atoms with Crippen LogP contribution in [0.5, 0.6) is 11.5 Å². The summed E-state index contributed by atoms with van der Waals surface area (Å²) in [4.78, 5) is 19.3. The van der Waals surface area contributed by atoms with Crippen LogP contribution in [0.3, 0.4) is 0 Å². The van der Waals surface area contributed by atoms with Gasteiger partial charge in [-0.25, -0.2) is 0 Å². The molecule has 2 aromatic heterocycles. The summed E-state index contributed by atoms with van der Waals surface area (Å²) in [7, 11) is 5.17. The van der Waals surface area contributed by atoms with E-state index >= 15 is 0 Å². The molecular formula is C31H43N4O5W-. The van der Waals surface area contributed by atoms with Gasteiger partial charge in [-0.1, -0.05) is 0 Å². The van der Waals surface area contributed by atoms with E-state index in [1.165, 1.54) is 0 Å². The Labute approximate surface area is 257 Å². The second-order valence-electron chi connectivity index (χ2n) is 10.4. The molecule has 224 valence electrons. The van der Waals surface area contributed by atoms with Crippen LogP contribution in [0.1, 0.15) is 38.2 Å². The summed E-state index contributed by atoms with van der Waals surface area (Å²) in [6, 6.07) is 5.98. The quantitative estimate of drug-likeness (QED) is 0.371. The van der Waals surface area contributed by atoms with Crippen LogP contribution in [-0.2, 0) is 39.3 Å². The normalized spacial score (nSPS) is 16.5. The Bertz CT molecular complexity index is 1280. The van der Waals surface area contributed by atoms with Gasteiger partial charge < -0.3 is 34.1 Å². The largest absolute Gasteiger partial charge is 0.662 e. The third-order valence-electron chi connectivity index (χ3n) is 7.72. The number of methoxy groups -OCH3 is 2. The molecule has 41 heavy (non-hydrogen) atoms. The van der Waals surface area contributed by atoms with Gasteiger partial charge in [-0.3, -0.25) is 9.78 Å². The average molecular weight is 736 g/mol. The zero-order valence-electron chi connectivity index (χ0n) is 24.7. The maximum absolute atomic E-state index is 12.6. The van der Waals surface area contributed by atoms with Crippen molar-refractivity contribution in [2.75, 3.05) is 53.6 Å². The second-order valence-corrected chi connectivity index (χ2v) is 10.4. The van der Waals surface area contributed by atoms with Crippen molar-refractivity contribution in [2.45, 2.75) is 51.2 Å². The van der Waals surface area contributed by atoms with Crippen molar-refractivity contribution < 1.29 is 40.4 Å². The summed E-state index contributed by atoms with van der Waals surface area (Å²) in [6.07, 6.45) is 11.1. The van der Waals surface area contributed by atoms with E-state index in [9.17, 15) is 4.79 Å². The fraction of sp³-hybridized carbons (Fsp3) is 0.548. The molecule has 0 spiro atoms. The molecule has 4 heterocycles. The molecule has 0 unspecified atom stereocenters. The molecule has 9 nitrogen and oxygen atoms in total. The second kappa shape index (κ2) is 16.4. The first-order valence-corrected chi connectivity index (χ1v) is 14.3. The Balaban J connectivity index is 0.00000111. The molecule has 0 atom stereocenters. The summed E-state index contributed by atoms with van der Waals surface area (Å²) in [5.41, 5.74) is 2.88. The van der Waals surface area contributed by atoms with E-state index < -0.39 is 0 Å². The number of rotatable bonds is 8. The standard InChI is InChI=1S/C29H37N4O4.C2H6O.W/c1-32-19-26(23-6-12-31-18-25(23)29(32)34)20-16-27(35-2)24(28(17-20)36-3)9-15-33-13-7-22(8-14-33)37-21-4-10-30-11-5-21;1-2-3;/h6,12,16-19,21-22H,4-5,7-11,13-15H2,1-3H3;3H,2H2,1H3;/q-1;;. The molecule has 0 amide bonds. The number of hydrogen-bond donors (Lipinski definition) is 1. The molecule has 1 aromatic carbocycles. The third-order valence-corrected chi connectivity index (χ3v) is 7.72. The number of aromatic nitrogens is 2. The first kappa shape index (κ1) is 33.2. The van der Waals surface area contributed by atoms with Gasteiger partial charge in [0, 0.05) is 84.1 Å². The predicted molar refractivity (Wildman–Crippen MR) is 159 cm³/mol.